The van der Waals surface area contributed by atoms with E-state index < -0.39 is 10.0 Å². The molecule has 0 aliphatic carbocycles. The molecule has 0 bridgehead atoms. The first-order chi connectivity index (χ1) is 17.4. The molecule has 0 saturated carbocycles. The fraction of sp³-hybridized carbons (Fsp3) is 0.267. The first-order valence-corrected chi connectivity index (χ1v) is 13.9. The summed E-state index contributed by atoms with van der Waals surface area (Å²) in [6, 6.07) is 22.2. The molecule has 5 rings (SSSR count). The van der Waals surface area contributed by atoms with Gasteiger partial charge in [0.25, 0.3) is 0 Å². The first-order valence-electron chi connectivity index (χ1n) is 12.5. The Hall–Kier alpha value is -3.22. The van der Waals surface area contributed by atoms with Gasteiger partial charge in [0, 0.05) is 41.8 Å². The minimum absolute atomic E-state index is 0.238. The Morgan fingerprint density at radius 3 is 2.42 bits per heavy atom. The van der Waals surface area contributed by atoms with E-state index in [1.807, 2.05) is 36.4 Å². The van der Waals surface area contributed by atoms with E-state index in [4.69, 9.17) is 0 Å². The topological polar surface area (TPSA) is 42.3 Å². The molecule has 0 saturated heterocycles. The predicted molar refractivity (Wildman–Crippen MR) is 144 cm³/mol. The summed E-state index contributed by atoms with van der Waals surface area (Å²) in [4.78, 5) is 0.349. The van der Waals surface area contributed by atoms with Gasteiger partial charge in [-0.2, -0.15) is 4.31 Å². The Balaban J connectivity index is 1.44. The number of para-hydroxylation sites is 1. The molecule has 2 heterocycles. The number of hydrogen-bond acceptors (Lipinski definition) is 2. The molecule has 0 unspecified atom stereocenters. The van der Waals surface area contributed by atoms with Crippen LogP contribution in [0.5, 0.6) is 0 Å². The van der Waals surface area contributed by atoms with E-state index in [-0.39, 0.29) is 5.82 Å². The van der Waals surface area contributed by atoms with Crippen LogP contribution in [-0.4, -0.2) is 30.4 Å². The number of hydrogen-bond donors (Lipinski definition) is 0. The van der Waals surface area contributed by atoms with Crippen molar-refractivity contribution in [3.8, 4) is 0 Å². The van der Waals surface area contributed by atoms with Crippen LogP contribution in [0.4, 0.5) is 4.39 Å². The molecule has 1 aliphatic rings. The largest absolute Gasteiger partial charge is 0.340 e. The molecule has 0 radical (unpaired) electrons. The average Bonchev–Trinajstić information content (AvgIpc) is 3.16. The van der Waals surface area contributed by atoms with E-state index in [1.165, 1.54) is 6.07 Å². The van der Waals surface area contributed by atoms with E-state index in [2.05, 4.69) is 30.5 Å². The van der Waals surface area contributed by atoms with E-state index >= 15 is 0 Å². The smallest absolute Gasteiger partial charge is 0.243 e. The molecule has 3 aromatic carbocycles. The third-order valence-electron chi connectivity index (χ3n) is 7.05. The highest BCUT2D eigenvalue weighted by molar-refractivity contribution is 7.89. The maximum absolute atomic E-state index is 13.8. The lowest BCUT2D eigenvalue weighted by Gasteiger charge is -2.26. The Labute approximate surface area is 212 Å². The van der Waals surface area contributed by atoms with Crippen LogP contribution in [0.15, 0.2) is 83.8 Å². The molecule has 0 amide bonds. The number of aromatic nitrogens is 1. The van der Waals surface area contributed by atoms with E-state index in [0.717, 1.165) is 51.7 Å². The molecule has 4 aromatic rings. The Morgan fingerprint density at radius 1 is 0.944 bits per heavy atom. The van der Waals surface area contributed by atoms with Crippen LogP contribution in [0.2, 0.25) is 0 Å². The molecule has 1 aliphatic heterocycles. The highest BCUT2D eigenvalue weighted by atomic mass is 32.2. The number of benzene rings is 3. The van der Waals surface area contributed by atoms with Gasteiger partial charge >= 0.3 is 0 Å². The van der Waals surface area contributed by atoms with Gasteiger partial charge < -0.3 is 4.57 Å². The van der Waals surface area contributed by atoms with E-state index in [9.17, 15) is 12.8 Å². The summed E-state index contributed by atoms with van der Waals surface area (Å²) in [5.41, 5.74) is 6.58. The van der Waals surface area contributed by atoms with Crippen molar-refractivity contribution < 1.29 is 12.8 Å². The Kier molecular flexibility index (Phi) is 6.82. The van der Waals surface area contributed by atoms with Gasteiger partial charge in [0.1, 0.15) is 5.82 Å². The SMILES string of the molecule is CCCc1ccc(S(=O)(=O)N2CC=C(c3c(C)n(Cc4cccc(F)c4)c4ccccc34)CC2)cc1. The first kappa shape index (κ1) is 24.5. The number of halogens is 1. The molecule has 0 atom stereocenters. The van der Waals surface area contributed by atoms with Gasteiger partial charge in [-0.1, -0.05) is 61.9 Å². The van der Waals surface area contributed by atoms with Crippen LogP contribution in [0.1, 0.15) is 42.1 Å². The summed E-state index contributed by atoms with van der Waals surface area (Å²) in [5.74, 6) is -0.238. The maximum Gasteiger partial charge on any atom is 0.243 e. The Bertz CT molecular complexity index is 1540. The normalized spacial score (nSPS) is 14.8. The van der Waals surface area contributed by atoms with Crippen LogP contribution in [0.3, 0.4) is 0 Å². The standard InChI is InChI=1S/C30H31FN2O2S/c1-3-7-23-12-14-27(15-13-23)36(34,35)32-18-16-25(17-19-32)30-22(2)33(29-11-5-4-10-28(29)30)21-24-8-6-9-26(31)20-24/h4-6,8-16,20H,3,7,17-19,21H2,1-2H3. The fourth-order valence-corrected chi connectivity index (χ4v) is 6.60. The van der Waals surface area contributed by atoms with Crippen LogP contribution in [0, 0.1) is 12.7 Å². The second-order valence-electron chi connectivity index (χ2n) is 9.43. The zero-order valence-corrected chi connectivity index (χ0v) is 21.6. The summed E-state index contributed by atoms with van der Waals surface area (Å²) < 4.78 is 44.2. The molecular formula is C30H31FN2O2S. The van der Waals surface area contributed by atoms with Crippen molar-refractivity contribution in [2.24, 2.45) is 0 Å². The molecule has 36 heavy (non-hydrogen) atoms. The highest BCUT2D eigenvalue weighted by Gasteiger charge is 2.28. The van der Waals surface area contributed by atoms with E-state index in [0.29, 0.717) is 31.0 Å². The quantitative estimate of drug-likeness (QED) is 0.287. The fourth-order valence-electron chi connectivity index (χ4n) is 5.22. The predicted octanol–water partition coefficient (Wildman–Crippen LogP) is 6.57. The van der Waals surface area contributed by atoms with Gasteiger partial charge in [-0.05, 0) is 66.8 Å². The number of sulfonamides is 1. The number of aryl methyl sites for hydroxylation is 1. The average molecular weight is 503 g/mol. The zero-order valence-electron chi connectivity index (χ0n) is 20.7. The van der Waals surface area contributed by atoms with Crippen molar-refractivity contribution in [2.75, 3.05) is 13.1 Å². The lowest BCUT2D eigenvalue weighted by atomic mass is 9.97. The summed E-state index contributed by atoms with van der Waals surface area (Å²) >= 11 is 0. The third kappa shape index (κ3) is 4.63. The molecule has 1 aromatic heterocycles. The van der Waals surface area contributed by atoms with E-state index in [1.54, 1.807) is 28.6 Å². The van der Waals surface area contributed by atoms with Crippen molar-refractivity contribution in [1.82, 2.24) is 8.87 Å². The number of rotatable bonds is 7. The van der Waals surface area contributed by atoms with Crippen LogP contribution in [-0.2, 0) is 23.0 Å². The second kappa shape index (κ2) is 10.0. The van der Waals surface area contributed by atoms with Crippen molar-refractivity contribution >= 4 is 26.5 Å². The molecule has 0 N–H and O–H groups in total. The second-order valence-corrected chi connectivity index (χ2v) is 11.4. The third-order valence-corrected chi connectivity index (χ3v) is 8.93. The molecular weight excluding hydrogens is 471 g/mol. The van der Waals surface area contributed by atoms with Crippen molar-refractivity contribution in [3.63, 3.8) is 0 Å². The van der Waals surface area contributed by atoms with Gasteiger partial charge in [-0.3, -0.25) is 0 Å². The lowest BCUT2D eigenvalue weighted by molar-refractivity contribution is 0.441. The van der Waals surface area contributed by atoms with Gasteiger partial charge in [0.05, 0.1) is 4.90 Å². The van der Waals surface area contributed by atoms with Crippen LogP contribution in [0.25, 0.3) is 16.5 Å². The zero-order chi connectivity index (χ0) is 25.3. The minimum atomic E-state index is -3.54. The molecule has 0 fully saturated rings. The van der Waals surface area contributed by atoms with Crippen molar-refractivity contribution in [2.45, 2.75) is 44.6 Å². The molecule has 4 nitrogen and oxygen atoms in total. The number of nitrogens with zero attached hydrogens (tertiary/aromatic N) is 2. The monoisotopic (exact) mass is 502 g/mol. The molecule has 186 valence electrons. The number of fused-ring (bicyclic) bond motifs is 1. The van der Waals surface area contributed by atoms with Gasteiger partial charge in [-0.15, -0.1) is 0 Å². The van der Waals surface area contributed by atoms with Crippen molar-refractivity contribution in [1.29, 1.82) is 0 Å². The summed E-state index contributed by atoms with van der Waals surface area (Å²) in [6.45, 7) is 5.57. The van der Waals surface area contributed by atoms with Crippen molar-refractivity contribution in [3.05, 3.63) is 107 Å². The maximum atomic E-state index is 13.8. The van der Waals surface area contributed by atoms with Crippen LogP contribution >= 0.6 is 0 Å². The van der Waals surface area contributed by atoms with Gasteiger partial charge in [-0.25, -0.2) is 12.8 Å². The lowest BCUT2D eigenvalue weighted by Crippen LogP contribution is -2.34. The van der Waals surface area contributed by atoms with Gasteiger partial charge in [0.2, 0.25) is 10.0 Å². The van der Waals surface area contributed by atoms with Gasteiger partial charge in [0.15, 0.2) is 0 Å². The molecule has 0 spiro atoms. The Morgan fingerprint density at radius 2 is 1.72 bits per heavy atom. The van der Waals surface area contributed by atoms with Crippen LogP contribution < -0.4 is 0 Å². The minimum Gasteiger partial charge on any atom is -0.340 e. The highest BCUT2D eigenvalue weighted by Crippen LogP contribution is 2.35. The summed E-state index contributed by atoms with van der Waals surface area (Å²) in [7, 11) is -3.54. The summed E-state index contributed by atoms with van der Waals surface area (Å²) in [5, 5.41) is 1.14. The summed E-state index contributed by atoms with van der Waals surface area (Å²) in [6.07, 6.45) is 4.67. The molecule has 6 heteroatoms.